The van der Waals surface area contributed by atoms with Crippen LogP contribution in [0, 0.1) is 23.7 Å². The summed E-state index contributed by atoms with van der Waals surface area (Å²) in [6.07, 6.45) is 6.87. The van der Waals surface area contributed by atoms with Gasteiger partial charge in [-0.25, -0.2) is 0 Å². The van der Waals surface area contributed by atoms with Crippen molar-refractivity contribution in [3.05, 3.63) is 0 Å². The molecule has 0 aromatic rings. The minimum Gasteiger partial charge on any atom is -0.393 e. The fraction of sp³-hybridized carbons (Fsp3) is 1.00. The average Bonchev–Trinajstić information content (AvgIpc) is 2.19. The zero-order chi connectivity index (χ0) is 7.42. The zero-order valence-corrected chi connectivity index (χ0v) is 6.87. The molecule has 3 saturated carbocycles. The second kappa shape index (κ2) is 2.01. The lowest BCUT2D eigenvalue weighted by atomic mass is 9.71. The molecular formula is C10H16O. The fourth-order valence-corrected chi connectivity index (χ4v) is 3.92. The molecule has 0 amide bonds. The van der Waals surface area contributed by atoms with Gasteiger partial charge in [0.25, 0.3) is 0 Å². The fourth-order valence-electron chi connectivity index (χ4n) is 3.92. The minimum atomic E-state index is 0.0752. The second-order valence-electron chi connectivity index (χ2n) is 4.90. The van der Waals surface area contributed by atoms with Crippen molar-refractivity contribution in [3.8, 4) is 0 Å². The molecule has 62 valence electrons. The number of hydrogen-bond acceptors (Lipinski definition) is 1. The first-order valence-electron chi connectivity index (χ1n) is 5.01. The number of aliphatic hydroxyl groups excluding tert-OH is 1. The third-order valence-electron chi connectivity index (χ3n) is 4.22. The van der Waals surface area contributed by atoms with Gasteiger partial charge >= 0.3 is 0 Å². The number of rotatable bonds is 0. The van der Waals surface area contributed by atoms with Crippen LogP contribution >= 0.6 is 0 Å². The lowest BCUT2D eigenvalue weighted by molar-refractivity contribution is 0.0205. The van der Waals surface area contributed by atoms with Gasteiger partial charge in [0.1, 0.15) is 0 Å². The summed E-state index contributed by atoms with van der Waals surface area (Å²) in [5.41, 5.74) is 0. The van der Waals surface area contributed by atoms with E-state index in [2.05, 4.69) is 0 Å². The van der Waals surface area contributed by atoms with E-state index in [1.165, 1.54) is 25.7 Å². The van der Waals surface area contributed by atoms with Crippen molar-refractivity contribution in [2.75, 3.05) is 0 Å². The summed E-state index contributed by atoms with van der Waals surface area (Å²) >= 11 is 0. The van der Waals surface area contributed by atoms with Crippen LogP contribution in [0.5, 0.6) is 0 Å². The normalized spacial score (nSPS) is 60.3. The lowest BCUT2D eigenvalue weighted by Crippen LogP contribution is -2.33. The van der Waals surface area contributed by atoms with Crippen molar-refractivity contribution < 1.29 is 5.11 Å². The molecule has 0 aromatic carbocycles. The maximum absolute atomic E-state index is 9.78. The van der Waals surface area contributed by atoms with E-state index in [0.717, 1.165) is 24.2 Å². The molecule has 1 N–H and O–H groups in total. The summed E-state index contributed by atoms with van der Waals surface area (Å²) in [4.78, 5) is 0. The van der Waals surface area contributed by atoms with E-state index in [1.54, 1.807) is 0 Å². The van der Waals surface area contributed by atoms with E-state index >= 15 is 0 Å². The summed E-state index contributed by atoms with van der Waals surface area (Å²) in [6.45, 7) is 0. The largest absolute Gasteiger partial charge is 0.393 e. The molecule has 3 fully saturated rings. The Balaban J connectivity index is 1.94. The molecule has 11 heavy (non-hydrogen) atoms. The summed E-state index contributed by atoms with van der Waals surface area (Å²) in [7, 11) is 0. The van der Waals surface area contributed by atoms with Gasteiger partial charge in [0.05, 0.1) is 6.10 Å². The third kappa shape index (κ3) is 0.807. The second-order valence-corrected chi connectivity index (χ2v) is 4.90. The summed E-state index contributed by atoms with van der Waals surface area (Å²) < 4.78 is 0. The molecular weight excluding hydrogens is 136 g/mol. The third-order valence-corrected chi connectivity index (χ3v) is 4.22. The summed E-state index contributed by atoms with van der Waals surface area (Å²) in [6, 6.07) is 0. The van der Waals surface area contributed by atoms with Gasteiger partial charge in [-0.3, -0.25) is 0 Å². The Morgan fingerprint density at radius 2 is 1.55 bits per heavy atom. The summed E-state index contributed by atoms with van der Waals surface area (Å²) in [5, 5.41) is 9.78. The molecule has 3 aliphatic rings. The molecule has 5 atom stereocenters. The predicted octanol–water partition coefficient (Wildman–Crippen LogP) is 1.80. The van der Waals surface area contributed by atoms with Crippen LogP contribution in [-0.2, 0) is 0 Å². The van der Waals surface area contributed by atoms with Crippen molar-refractivity contribution in [1.29, 1.82) is 0 Å². The van der Waals surface area contributed by atoms with E-state index < -0.39 is 0 Å². The van der Waals surface area contributed by atoms with Crippen LogP contribution < -0.4 is 0 Å². The van der Waals surface area contributed by atoms with Crippen LogP contribution in [0.2, 0.25) is 0 Å². The van der Waals surface area contributed by atoms with Crippen LogP contribution in [0.1, 0.15) is 32.1 Å². The van der Waals surface area contributed by atoms with Gasteiger partial charge in [-0.2, -0.15) is 0 Å². The molecule has 4 unspecified atom stereocenters. The van der Waals surface area contributed by atoms with E-state index in [0.29, 0.717) is 5.92 Å². The van der Waals surface area contributed by atoms with Gasteiger partial charge in [-0.05, 0) is 55.8 Å². The van der Waals surface area contributed by atoms with E-state index in [9.17, 15) is 5.11 Å². The maximum atomic E-state index is 9.78. The number of hydrogen-bond donors (Lipinski definition) is 1. The molecule has 0 heterocycles. The Morgan fingerprint density at radius 3 is 2.36 bits per heavy atom. The monoisotopic (exact) mass is 152 g/mol. The van der Waals surface area contributed by atoms with Crippen LogP contribution in [-0.4, -0.2) is 11.2 Å². The van der Waals surface area contributed by atoms with Crippen molar-refractivity contribution >= 4 is 0 Å². The molecule has 3 bridgehead atoms. The van der Waals surface area contributed by atoms with Crippen LogP contribution in [0.3, 0.4) is 0 Å². The van der Waals surface area contributed by atoms with Gasteiger partial charge in [-0.15, -0.1) is 0 Å². The van der Waals surface area contributed by atoms with Crippen LogP contribution in [0.15, 0.2) is 0 Å². The van der Waals surface area contributed by atoms with E-state index in [4.69, 9.17) is 0 Å². The van der Waals surface area contributed by atoms with Gasteiger partial charge in [-0.1, -0.05) is 0 Å². The van der Waals surface area contributed by atoms with E-state index in [1.807, 2.05) is 0 Å². The van der Waals surface area contributed by atoms with Crippen LogP contribution in [0.4, 0.5) is 0 Å². The van der Waals surface area contributed by atoms with E-state index in [-0.39, 0.29) is 6.10 Å². The maximum Gasteiger partial charge on any atom is 0.0573 e. The van der Waals surface area contributed by atoms with Gasteiger partial charge in [0.2, 0.25) is 0 Å². The average molecular weight is 152 g/mol. The van der Waals surface area contributed by atoms with Crippen LogP contribution in [0.25, 0.3) is 0 Å². The first-order valence-corrected chi connectivity index (χ1v) is 5.01. The number of aliphatic hydroxyl groups is 1. The van der Waals surface area contributed by atoms with Gasteiger partial charge in [0.15, 0.2) is 0 Å². The highest BCUT2D eigenvalue weighted by molar-refractivity contribution is 4.98. The van der Waals surface area contributed by atoms with Crippen molar-refractivity contribution in [2.45, 2.75) is 38.2 Å². The molecule has 0 aliphatic heterocycles. The smallest absolute Gasteiger partial charge is 0.0573 e. The van der Waals surface area contributed by atoms with Crippen molar-refractivity contribution in [3.63, 3.8) is 0 Å². The molecule has 0 aromatic heterocycles. The highest BCUT2D eigenvalue weighted by atomic mass is 16.3. The molecule has 0 radical (unpaired) electrons. The highest BCUT2D eigenvalue weighted by Crippen LogP contribution is 2.54. The Hall–Kier alpha value is -0.0400. The topological polar surface area (TPSA) is 20.2 Å². The molecule has 3 rings (SSSR count). The Morgan fingerprint density at radius 1 is 0.818 bits per heavy atom. The Bertz CT molecular complexity index is 173. The SMILES string of the molecule is O[C@H]1CC2CC3CC(C2)C1C3. The molecule has 0 saturated heterocycles. The zero-order valence-electron chi connectivity index (χ0n) is 6.87. The van der Waals surface area contributed by atoms with Crippen molar-refractivity contribution in [1.82, 2.24) is 0 Å². The molecule has 0 spiro atoms. The van der Waals surface area contributed by atoms with Crippen molar-refractivity contribution in [2.24, 2.45) is 23.7 Å². The molecule has 1 nitrogen and oxygen atoms in total. The standard InChI is InChI=1S/C10H16O/c11-10-5-7-1-6-2-8(3-7)9(10)4-6/h6-11H,1-5H2/t6?,7?,8?,9?,10-/m0/s1. The van der Waals surface area contributed by atoms with Gasteiger partial charge < -0.3 is 5.11 Å². The minimum absolute atomic E-state index is 0.0752. The lowest BCUT2D eigenvalue weighted by Gasteiger charge is -2.36. The number of fused-ring (bicyclic) bond motifs is 2. The Kier molecular flexibility index (Phi) is 1.18. The predicted molar refractivity (Wildman–Crippen MR) is 43.1 cm³/mol. The quantitative estimate of drug-likeness (QED) is 0.561. The molecule has 1 heteroatoms. The first-order chi connectivity index (χ1) is 5.33. The van der Waals surface area contributed by atoms with Gasteiger partial charge in [0, 0.05) is 0 Å². The summed E-state index contributed by atoms with van der Waals surface area (Å²) in [5.74, 6) is 3.52. The first kappa shape index (κ1) is 6.47. The molecule has 3 aliphatic carbocycles. The Labute approximate surface area is 67.8 Å². The highest BCUT2D eigenvalue weighted by Gasteiger charge is 2.48.